The molecule has 0 aromatic heterocycles. The summed E-state index contributed by atoms with van der Waals surface area (Å²) >= 11 is 8.38. The third-order valence-electron chi connectivity index (χ3n) is 2.63. The van der Waals surface area contributed by atoms with Gasteiger partial charge in [-0.25, -0.2) is 4.79 Å². The smallest absolute Gasteiger partial charge is 0.336 e. The predicted molar refractivity (Wildman–Crippen MR) is 77.8 cm³/mol. The second-order valence-corrected chi connectivity index (χ2v) is 4.88. The molecule has 0 amide bonds. The molecule has 0 spiro atoms. The minimum atomic E-state index is -1.13. The molecule has 0 bridgehead atoms. The Bertz CT molecular complexity index is 665. The maximum absolute atomic E-state index is 12.4. The van der Waals surface area contributed by atoms with E-state index in [0.717, 1.165) is 0 Å². The number of aromatic carboxylic acids is 1. The zero-order valence-electron chi connectivity index (χ0n) is 9.70. The lowest BCUT2D eigenvalue weighted by Gasteiger charge is -2.07. The first kappa shape index (κ1) is 13.7. The van der Waals surface area contributed by atoms with Crippen LogP contribution in [0.4, 0.5) is 0 Å². The van der Waals surface area contributed by atoms with Gasteiger partial charge in [0.1, 0.15) is 0 Å². The molecule has 1 N–H and O–H groups in total. The molecule has 0 aliphatic heterocycles. The van der Waals surface area contributed by atoms with Crippen molar-refractivity contribution in [1.29, 1.82) is 0 Å². The van der Waals surface area contributed by atoms with Gasteiger partial charge in [0.25, 0.3) is 0 Å². The summed E-state index contributed by atoms with van der Waals surface area (Å²) in [7, 11) is 0. The summed E-state index contributed by atoms with van der Waals surface area (Å²) in [4.78, 5) is 24.6. The quantitative estimate of drug-likeness (QED) is 0.601. The highest BCUT2D eigenvalue weighted by Gasteiger charge is 2.18. The lowest BCUT2D eigenvalue weighted by atomic mass is 9.98. The first-order chi connectivity index (χ1) is 9.00. The summed E-state index contributed by atoms with van der Waals surface area (Å²) in [6.07, 6.45) is 0. The zero-order valence-corrected chi connectivity index (χ0v) is 11.5. The van der Waals surface area contributed by atoms with Crippen molar-refractivity contribution in [3.05, 3.63) is 59.2 Å². The Hall–Kier alpha value is -1.72. The lowest BCUT2D eigenvalue weighted by Crippen LogP contribution is -2.10. The second-order valence-electron chi connectivity index (χ2n) is 3.88. The number of carboxylic acid groups (broad SMARTS) is 1. The van der Waals surface area contributed by atoms with Gasteiger partial charge < -0.3 is 5.11 Å². The van der Waals surface area contributed by atoms with Gasteiger partial charge in [0.05, 0.1) is 5.56 Å². The highest BCUT2D eigenvalue weighted by molar-refractivity contribution is 7.81. The zero-order chi connectivity index (χ0) is 14.0. The van der Waals surface area contributed by atoms with E-state index in [1.165, 1.54) is 12.1 Å². The van der Waals surface area contributed by atoms with Crippen LogP contribution in [0.3, 0.4) is 0 Å². The average molecular weight is 290 g/mol. The van der Waals surface area contributed by atoms with Crippen molar-refractivity contribution in [3.63, 3.8) is 0 Å². The number of benzene rings is 2. The molecule has 0 radical (unpaired) electrons. The molecule has 0 unspecified atom stereocenters. The molecule has 0 heterocycles. The first-order valence-electron chi connectivity index (χ1n) is 5.39. The monoisotopic (exact) mass is 290 g/mol. The van der Waals surface area contributed by atoms with Gasteiger partial charge in [0, 0.05) is 20.9 Å². The van der Waals surface area contributed by atoms with Crippen LogP contribution >= 0.6 is 25.3 Å². The predicted octanol–water partition coefficient (Wildman–Crippen LogP) is 3.19. The average Bonchev–Trinajstić information content (AvgIpc) is 2.38. The molecule has 0 saturated heterocycles. The molecule has 2 aromatic rings. The number of rotatable bonds is 3. The van der Waals surface area contributed by atoms with Crippen molar-refractivity contribution >= 4 is 37.0 Å². The summed E-state index contributed by atoms with van der Waals surface area (Å²) < 4.78 is 0. The van der Waals surface area contributed by atoms with Gasteiger partial charge in [-0.2, -0.15) is 0 Å². The van der Waals surface area contributed by atoms with Gasteiger partial charge in [0.15, 0.2) is 5.78 Å². The van der Waals surface area contributed by atoms with Crippen LogP contribution in [-0.4, -0.2) is 16.9 Å². The van der Waals surface area contributed by atoms with Gasteiger partial charge in [-0.1, -0.05) is 18.2 Å². The Morgan fingerprint density at radius 2 is 1.53 bits per heavy atom. The molecule has 0 atom stereocenters. The van der Waals surface area contributed by atoms with Gasteiger partial charge >= 0.3 is 5.97 Å². The number of carbonyl (C=O) groups is 2. The van der Waals surface area contributed by atoms with Crippen LogP contribution in [0, 0.1) is 0 Å². The Labute approximate surface area is 121 Å². The molecule has 0 aliphatic carbocycles. The molecule has 0 aliphatic rings. The van der Waals surface area contributed by atoms with Crippen molar-refractivity contribution in [2.75, 3.05) is 0 Å². The Morgan fingerprint density at radius 1 is 0.895 bits per heavy atom. The van der Waals surface area contributed by atoms with Crippen molar-refractivity contribution < 1.29 is 14.7 Å². The molecule has 0 fully saturated rings. The number of thiol groups is 2. The van der Waals surface area contributed by atoms with Crippen LogP contribution in [0.2, 0.25) is 0 Å². The molecular weight excluding hydrogens is 280 g/mol. The minimum Gasteiger partial charge on any atom is -0.478 e. The van der Waals surface area contributed by atoms with E-state index in [2.05, 4.69) is 25.3 Å². The first-order valence-corrected chi connectivity index (χ1v) is 6.29. The lowest BCUT2D eigenvalue weighted by molar-refractivity contribution is 0.0692. The largest absolute Gasteiger partial charge is 0.478 e. The van der Waals surface area contributed by atoms with Crippen molar-refractivity contribution in [2.24, 2.45) is 0 Å². The van der Waals surface area contributed by atoms with E-state index in [0.29, 0.717) is 15.4 Å². The molecule has 19 heavy (non-hydrogen) atoms. The van der Waals surface area contributed by atoms with Gasteiger partial charge in [0.2, 0.25) is 0 Å². The molecule has 96 valence electrons. The van der Waals surface area contributed by atoms with Gasteiger partial charge in [-0.15, -0.1) is 25.3 Å². The molecule has 3 nitrogen and oxygen atoms in total. The maximum atomic E-state index is 12.4. The SMILES string of the molecule is O=C(O)c1ccccc1C(=O)c1ccc(S)cc1S. The number of hydrogen-bond donors (Lipinski definition) is 3. The highest BCUT2D eigenvalue weighted by Crippen LogP contribution is 2.22. The van der Waals surface area contributed by atoms with Crippen LogP contribution in [0.25, 0.3) is 0 Å². The fraction of sp³-hybridized carbons (Fsp3) is 0. The number of hydrogen-bond acceptors (Lipinski definition) is 4. The van der Waals surface area contributed by atoms with Crippen LogP contribution < -0.4 is 0 Å². The molecule has 2 aromatic carbocycles. The van der Waals surface area contributed by atoms with Crippen molar-refractivity contribution in [1.82, 2.24) is 0 Å². The van der Waals surface area contributed by atoms with E-state index in [-0.39, 0.29) is 16.9 Å². The van der Waals surface area contributed by atoms with E-state index < -0.39 is 5.97 Å². The third kappa shape index (κ3) is 2.83. The summed E-state index contributed by atoms with van der Waals surface area (Å²) in [6.45, 7) is 0. The summed E-state index contributed by atoms with van der Waals surface area (Å²) in [5, 5.41) is 9.09. The topological polar surface area (TPSA) is 54.4 Å². The van der Waals surface area contributed by atoms with Crippen LogP contribution in [0.1, 0.15) is 26.3 Å². The Kier molecular flexibility index (Phi) is 3.97. The van der Waals surface area contributed by atoms with E-state index in [1.54, 1.807) is 30.3 Å². The van der Waals surface area contributed by atoms with E-state index in [1.807, 2.05) is 0 Å². The normalized spacial score (nSPS) is 10.2. The second kappa shape index (κ2) is 5.50. The molecular formula is C14H10O3S2. The number of ketones is 1. The maximum Gasteiger partial charge on any atom is 0.336 e. The number of carbonyl (C=O) groups excluding carboxylic acids is 1. The molecule has 0 saturated carbocycles. The van der Waals surface area contributed by atoms with E-state index >= 15 is 0 Å². The summed E-state index contributed by atoms with van der Waals surface area (Å²) in [5.41, 5.74) is 0.488. The summed E-state index contributed by atoms with van der Waals surface area (Å²) in [5.74, 6) is -1.49. The standard InChI is InChI=1S/C14H10O3S2/c15-13(11-6-5-8(18)7-12(11)19)9-3-1-2-4-10(9)14(16)17/h1-7,18-19H,(H,16,17). The van der Waals surface area contributed by atoms with Crippen LogP contribution in [0.15, 0.2) is 52.3 Å². The highest BCUT2D eigenvalue weighted by atomic mass is 32.1. The molecule has 2 rings (SSSR count). The van der Waals surface area contributed by atoms with E-state index in [9.17, 15) is 9.59 Å². The van der Waals surface area contributed by atoms with Crippen molar-refractivity contribution in [3.8, 4) is 0 Å². The van der Waals surface area contributed by atoms with Crippen molar-refractivity contribution in [2.45, 2.75) is 9.79 Å². The fourth-order valence-corrected chi connectivity index (χ4v) is 2.35. The Morgan fingerprint density at radius 3 is 2.11 bits per heavy atom. The van der Waals surface area contributed by atoms with Gasteiger partial charge in [-0.05, 0) is 24.3 Å². The van der Waals surface area contributed by atoms with E-state index in [4.69, 9.17) is 5.11 Å². The third-order valence-corrected chi connectivity index (χ3v) is 3.28. The number of carboxylic acids is 1. The molecule has 5 heteroatoms. The van der Waals surface area contributed by atoms with Crippen LogP contribution in [0.5, 0.6) is 0 Å². The minimum absolute atomic E-state index is 0.0183. The summed E-state index contributed by atoms with van der Waals surface area (Å²) in [6, 6.07) is 11.0. The van der Waals surface area contributed by atoms with Crippen LogP contribution in [-0.2, 0) is 0 Å². The fourth-order valence-electron chi connectivity index (χ4n) is 1.72. The van der Waals surface area contributed by atoms with Gasteiger partial charge in [-0.3, -0.25) is 4.79 Å². The Balaban J connectivity index is 2.53.